The molecule has 2 aromatic heterocycles. The van der Waals surface area contributed by atoms with Crippen LogP contribution in [0.2, 0.25) is 0 Å². The minimum Gasteiger partial charge on any atom is -0.389 e. The maximum absolute atomic E-state index is 14.7. The third-order valence-corrected chi connectivity index (χ3v) is 5.80. The quantitative estimate of drug-likeness (QED) is 0.473. The lowest BCUT2D eigenvalue weighted by Crippen LogP contribution is -2.54. The lowest BCUT2D eigenvalue weighted by Gasteiger charge is -2.37. The van der Waals surface area contributed by atoms with Crippen LogP contribution in [0.3, 0.4) is 0 Å². The zero-order valence-electron chi connectivity index (χ0n) is 19.1. The van der Waals surface area contributed by atoms with Crippen LogP contribution in [0.25, 0.3) is 16.9 Å². The van der Waals surface area contributed by atoms with Gasteiger partial charge in [-0.15, -0.1) is 0 Å². The number of hydrogen-bond acceptors (Lipinski definition) is 5. The van der Waals surface area contributed by atoms with E-state index in [4.69, 9.17) is 0 Å². The fraction of sp³-hybridized carbons (Fsp3) is 0.435. The third-order valence-electron chi connectivity index (χ3n) is 5.80. The van der Waals surface area contributed by atoms with Gasteiger partial charge in [0.05, 0.1) is 28.2 Å². The van der Waals surface area contributed by atoms with Gasteiger partial charge in [-0.05, 0) is 50.6 Å². The first kappa shape index (κ1) is 24.9. The van der Waals surface area contributed by atoms with Gasteiger partial charge >= 0.3 is 11.9 Å². The van der Waals surface area contributed by atoms with Crippen molar-refractivity contribution in [1.82, 2.24) is 24.8 Å². The number of H-pyrrole nitrogens is 1. The van der Waals surface area contributed by atoms with E-state index >= 15 is 0 Å². The van der Waals surface area contributed by atoms with Gasteiger partial charge in [-0.1, -0.05) is 0 Å². The molecule has 0 spiro atoms. The Balaban J connectivity index is 1.54. The van der Waals surface area contributed by atoms with Gasteiger partial charge in [-0.2, -0.15) is 13.2 Å². The fourth-order valence-corrected chi connectivity index (χ4v) is 4.23. The monoisotopic (exact) mass is 495 g/mol. The molecule has 0 radical (unpaired) electrons. The number of aromatic nitrogens is 3. The highest BCUT2D eigenvalue weighted by atomic mass is 19.4. The summed E-state index contributed by atoms with van der Waals surface area (Å²) in [6.07, 6.45) is -4.92. The first-order valence-corrected chi connectivity index (χ1v) is 11.0. The molecule has 3 N–H and O–H groups in total. The number of benzene rings is 1. The number of likely N-dealkylation sites (tertiary alicyclic amines) is 1. The summed E-state index contributed by atoms with van der Waals surface area (Å²) in [7, 11) is 0. The second kappa shape index (κ2) is 9.08. The molecule has 3 aromatic rings. The molecular formula is C23H25F4N5O3. The predicted molar refractivity (Wildman–Crippen MR) is 120 cm³/mol. The smallest absolute Gasteiger partial charge is 0.389 e. The molecule has 8 nitrogen and oxygen atoms in total. The lowest BCUT2D eigenvalue weighted by atomic mass is 10.00. The number of carbonyl (C=O) groups is 1. The van der Waals surface area contributed by atoms with Crippen molar-refractivity contribution in [1.29, 1.82) is 0 Å². The molecule has 0 bridgehead atoms. The zero-order valence-corrected chi connectivity index (χ0v) is 19.1. The van der Waals surface area contributed by atoms with Gasteiger partial charge in [-0.25, -0.2) is 18.7 Å². The van der Waals surface area contributed by atoms with Crippen molar-refractivity contribution in [3.8, 4) is 5.82 Å². The molecule has 4 rings (SSSR count). The van der Waals surface area contributed by atoms with Gasteiger partial charge in [0.2, 0.25) is 0 Å². The van der Waals surface area contributed by atoms with E-state index in [0.29, 0.717) is 31.2 Å². The van der Waals surface area contributed by atoms with Crippen LogP contribution in [0.5, 0.6) is 0 Å². The van der Waals surface area contributed by atoms with Gasteiger partial charge in [-0.3, -0.25) is 9.69 Å². The number of halogens is 4. The van der Waals surface area contributed by atoms with E-state index in [0.717, 1.165) is 16.7 Å². The van der Waals surface area contributed by atoms with Crippen LogP contribution in [0, 0.1) is 0 Å². The molecule has 2 atom stereocenters. The predicted octanol–water partition coefficient (Wildman–Crippen LogP) is 2.65. The van der Waals surface area contributed by atoms with E-state index in [1.165, 1.54) is 18.2 Å². The number of piperidine rings is 1. The lowest BCUT2D eigenvalue weighted by molar-refractivity contribution is -0.137. The number of rotatable bonds is 5. The van der Waals surface area contributed by atoms with E-state index < -0.39 is 41.2 Å². The Bertz CT molecular complexity index is 1280. The summed E-state index contributed by atoms with van der Waals surface area (Å²) in [4.78, 5) is 33.5. The number of pyridine rings is 1. The Morgan fingerprint density at radius 2 is 2.00 bits per heavy atom. The summed E-state index contributed by atoms with van der Waals surface area (Å²) >= 11 is 0. The SMILES string of the molecule is CC(C)(O)CN1CC[C@H](NC(=O)c2ccc3[nH]c(=O)n(-c4ccc(C(F)(F)F)cn4)c3c2)[C@@H](F)C1. The van der Waals surface area contributed by atoms with E-state index in [-0.39, 0.29) is 23.4 Å². The van der Waals surface area contributed by atoms with Crippen molar-refractivity contribution in [2.24, 2.45) is 0 Å². The molecule has 1 aliphatic rings. The molecule has 1 fully saturated rings. The largest absolute Gasteiger partial charge is 0.417 e. The highest BCUT2D eigenvalue weighted by Gasteiger charge is 2.33. The van der Waals surface area contributed by atoms with Gasteiger partial charge in [0.1, 0.15) is 12.0 Å². The molecule has 3 heterocycles. The Kier molecular flexibility index (Phi) is 6.45. The summed E-state index contributed by atoms with van der Waals surface area (Å²) in [5.41, 5.74) is -1.79. The number of aromatic amines is 1. The number of nitrogens with zero attached hydrogens (tertiary/aromatic N) is 3. The van der Waals surface area contributed by atoms with Crippen LogP contribution in [-0.2, 0) is 6.18 Å². The molecular weight excluding hydrogens is 470 g/mol. The minimum atomic E-state index is -4.57. The molecule has 1 amide bonds. The second-order valence-corrected chi connectivity index (χ2v) is 9.33. The number of carbonyl (C=O) groups excluding carboxylic acids is 1. The van der Waals surface area contributed by atoms with Gasteiger partial charge < -0.3 is 15.4 Å². The van der Waals surface area contributed by atoms with Crippen molar-refractivity contribution < 1.29 is 27.5 Å². The third kappa shape index (κ3) is 5.54. The molecule has 1 aliphatic heterocycles. The number of aliphatic hydroxyl groups is 1. The normalized spacial score (nSPS) is 19.7. The van der Waals surface area contributed by atoms with E-state index in [1.54, 1.807) is 18.7 Å². The Morgan fingerprint density at radius 1 is 1.26 bits per heavy atom. The van der Waals surface area contributed by atoms with Crippen molar-refractivity contribution in [3.05, 3.63) is 58.1 Å². The van der Waals surface area contributed by atoms with E-state index in [9.17, 15) is 32.3 Å². The standard InChI is InChI=1S/C23H25F4N5O3/c1-22(2,35)12-31-8-7-16(15(24)11-31)29-20(33)13-3-5-17-18(9-13)32(21(34)30-17)19-6-4-14(10-28-19)23(25,26)27/h3-6,9-10,15-16,35H,7-8,11-12H2,1-2H3,(H,29,33)(H,30,34)/t15-,16-/m0/s1. The Morgan fingerprint density at radius 3 is 2.60 bits per heavy atom. The first-order valence-electron chi connectivity index (χ1n) is 11.0. The Hall–Kier alpha value is -3.25. The highest BCUT2D eigenvalue weighted by molar-refractivity contribution is 5.97. The average Bonchev–Trinajstić information content (AvgIpc) is 3.08. The summed E-state index contributed by atoms with van der Waals surface area (Å²) in [5.74, 6) is -0.592. The molecule has 0 saturated carbocycles. The molecule has 12 heteroatoms. The summed E-state index contributed by atoms with van der Waals surface area (Å²) in [6, 6.07) is 5.52. The van der Waals surface area contributed by atoms with Crippen molar-refractivity contribution in [2.45, 2.75) is 44.3 Å². The van der Waals surface area contributed by atoms with Gasteiger partial charge in [0.25, 0.3) is 5.91 Å². The number of nitrogens with one attached hydrogen (secondary N) is 2. The number of imidazole rings is 1. The summed E-state index contributed by atoms with van der Waals surface area (Å²) in [6.45, 7) is 4.18. The Labute approximate surface area is 197 Å². The maximum atomic E-state index is 14.7. The zero-order chi connectivity index (χ0) is 25.5. The maximum Gasteiger partial charge on any atom is 0.417 e. The van der Waals surface area contributed by atoms with Gasteiger partial charge in [0.15, 0.2) is 0 Å². The van der Waals surface area contributed by atoms with E-state index in [2.05, 4.69) is 15.3 Å². The molecule has 1 saturated heterocycles. The van der Waals surface area contributed by atoms with Crippen LogP contribution in [-0.4, -0.2) is 67.9 Å². The molecule has 1 aromatic carbocycles. The fourth-order valence-electron chi connectivity index (χ4n) is 4.23. The molecule has 188 valence electrons. The molecule has 0 aliphatic carbocycles. The van der Waals surface area contributed by atoms with Crippen LogP contribution >= 0.6 is 0 Å². The van der Waals surface area contributed by atoms with Gasteiger partial charge in [0, 0.05) is 31.4 Å². The topological polar surface area (TPSA) is 103 Å². The minimum absolute atomic E-state index is 0.0465. The first-order chi connectivity index (χ1) is 16.3. The number of hydrogen-bond donors (Lipinski definition) is 3. The van der Waals surface area contributed by atoms with Crippen LogP contribution < -0.4 is 11.0 Å². The van der Waals surface area contributed by atoms with Crippen LogP contribution in [0.4, 0.5) is 17.6 Å². The van der Waals surface area contributed by atoms with E-state index in [1.807, 2.05) is 0 Å². The second-order valence-electron chi connectivity index (χ2n) is 9.33. The number of amides is 1. The van der Waals surface area contributed by atoms with Crippen LogP contribution in [0.15, 0.2) is 41.3 Å². The average molecular weight is 495 g/mol. The van der Waals surface area contributed by atoms with Crippen molar-refractivity contribution in [3.63, 3.8) is 0 Å². The summed E-state index contributed by atoms with van der Waals surface area (Å²) < 4.78 is 54.4. The number of β-amino-alcohol motifs (C(OH)–C–C–N with tert-alkyl or cyclic N) is 1. The number of alkyl halides is 4. The molecule has 0 unspecified atom stereocenters. The van der Waals surface area contributed by atoms with Crippen molar-refractivity contribution >= 4 is 16.9 Å². The summed E-state index contributed by atoms with van der Waals surface area (Å²) in [5, 5.41) is 12.6. The van der Waals surface area contributed by atoms with Crippen molar-refractivity contribution in [2.75, 3.05) is 19.6 Å². The molecule has 35 heavy (non-hydrogen) atoms. The van der Waals surface area contributed by atoms with Crippen LogP contribution in [0.1, 0.15) is 36.2 Å². The number of fused-ring (bicyclic) bond motifs is 1. The highest BCUT2D eigenvalue weighted by Crippen LogP contribution is 2.29.